The minimum atomic E-state index is -0.992. The number of carboxylic acid groups (broad SMARTS) is 1. The second kappa shape index (κ2) is 6.39. The van der Waals surface area contributed by atoms with Crippen molar-refractivity contribution >= 4 is 5.97 Å². The molecule has 1 aromatic heterocycles. The molecule has 16 heavy (non-hydrogen) atoms. The summed E-state index contributed by atoms with van der Waals surface area (Å²) in [5.41, 5.74) is 8.63. The minimum absolute atomic E-state index is 0.209. The van der Waals surface area contributed by atoms with Gasteiger partial charge in [-0.3, -0.25) is 9.78 Å². The van der Waals surface area contributed by atoms with E-state index in [1.807, 2.05) is 0 Å². The first kappa shape index (κ1) is 12.0. The summed E-state index contributed by atoms with van der Waals surface area (Å²) in [7, 11) is 0. The number of aliphatic carboxylic acids is 1. The second-order valence-corrected chi connectivity index (χ2v) is 2.97. The molecule has 1 unspecified atom stereocenters. The van der Waals surface area contributed by atoms with E-state index in [9.17, 15) is 4.79 Å². The minimum Gasteiger partial charge on any atom is -0.480 e. The molecule has 2 N–H and O–H groups in total. The highest BCUT2D eigenvalue weighted by Crippen LogP contribution is 2.10. The van der Waals surface area contributed by atoms with Crippen molar-refractivity contribution < 1.29 is 9.90 Å². The standard InChI is InChI=1S/C9H11N5O2/c10-14-13-5-4-12-8(9(15)16)7-2-1-3-11-6-7/h1-3,6,8,12H,4-5H2,(H,15,16). The van der Waals surface area contributed by atoms with Gasteiger partial charge in [-0.05, 0) is 17.2 Å². The Morgan fingerprint density at radius 1 is 1.75 bits per heavy atom. The average Bonchev–Trinajstić information content (AvgIpc) is 2.30. The van der Waals surface area contributed by atoms with Gasteiger partial charge in [0, 0.05) is 30.4 Å². The Labute approximate surface area is 91.8 Å². The molecule has 0 saturated heterocycles. The van der Waals surface area contributed by atoms with Crippen molar-refractivity contribution in [3.63, 3.8) is 0 Å². The molecule has 0 aliphatic heterocycles. The topological polar surface area (TPSA) is 111 Å². The van der Waals surface area contributed by atoms with Crippen molar-refractivity contribution in [2.75, 3.05) is 13.1 Å². The van der Waals surface area contributed by atoms with Crippen LogP contribution in [0, 0.1) is 0 Å². The van der Waals surface area contributed by atoms with E-state index in [0.29, 0.717) is 12.1 Å². The van der Waals surface area contributed by atoms with Crippen LogP contribution in [-0.2, 0) is 4.79 Å². The lowest BCUT2D eigenvalue weighted by molar-refractivity contribution is -0.139. The van der Waals surface area contributed by atoms with Gasteiger partial charge in [-0.1, -0.05) is 11.2 Å². The van der Waals surface area contributed by atoms with Crippen molar-refractivity contribution in [1.82, 2.24) is 10.3 Å². The number of nitrogens with zero attached hydrogens (tertiary/aromatic N) is 4. The number of azide groups is 1. The van der Waals surface area contributed by atoms with Gasteiger partial charge < -0.3 is 10.4 Å². The molecule has 1 rings (SSSR count). The van der Waals surface area contributed by atoms with Crippen LogP contribution in [0.25, 0.3) is 10.4 Å². The van der Waals surface area contributed by atoms with Crippen LogP contribution >= 0.6 is 0 Å². The van der Waals surface area contributed by atoms with Gasteiger partial charge in [-0.2, -0.15) is 0 Å². The van der Waals surface area contributed by atoms with Gasteiger partial charge in [0.2, 0.25) is 0 Å². The van der Waals surface area contributed by atoms with Crippen molar-refractivity contribution in [1.29, 1.82) is 0 Å². The lowest BCUT2D eigenvalue weighted by atomic mass is 10.1. The maximum atomic E-state index is 11.0. The number of nitrogens with one attached hydrogen (secondary N) is 1. The molecule has 7 nitrogen and oxygen atoms in total. The highest BCUT2D eigenvalue weighted by atomic mass is 16.4. The monoisotopic (exact) mass is 221 g/mol. The van der Waals surface area contributed by atoms with Crippen molar-refractivity contribution in [2.45, 2.75) is 6.04 Å². The Balaban J connectivity index is 2.62. The quantitative estimate of drug-likeness (QED) is 0.324. The largest absolute Gasteiger partial charge is 0.480 e. The zero-order valence-electron chi connectivity index (χ0n) is 8.45. The van der Waals surface area contributed by atoms with Crippen molar-refractivity contribution in [2.24, 2.45) is 5.11 Å². The van der Waals surface area contributed by atoms with E-state index in [2.05, 4.69) is 20.3 Å². The van der Waals surface area contributed by atoms with Gasteiger partial charge in [0.15, 0.2) is 0 Å². The number of rotatable bonds is 6. The average molecular weight is 221 g/mol. The summed E-state index contributed by atoms with van der Waals surface area (Å²) >= 11 is 0. The third-order valence-corrected chi connectivity index (χ3v) is 1.89. The lowest BCUT2D eigenvalue weighted by Crippen LogP contribution is -2.30. The number of aromatic nitrogens is 1. The van der Waals surface area contributed by atoms with Crippen LogP contribution in [0.3, 0.4) is 0 Å². The van der Waals surface area contributed by atoms with E-state index in [0.717, 1.165) is 0 Å². The summed E-state index contributed by atoms with van der Waals surface area (Å²) in [5, 5.41) is 15.1. The summed E-state index contributed by atoms with van der Waals surface area (Å²) in [6.45, 7) is 0.510. The Bertz CT molecular complexity index is 388. The zero-order valence-corrected chi connectivity index (χ0v) is 8.45. The Morgan fingerprint density at radius 2 is 2.56 bits per heavy atom. The van der Waals surface area contributed by atoms with Gasteiger partial charge >= 0.3 is 5.97 Å². The van der Waals surface area contributed by atoms with E-state index < -0.39 is 12.0 Å². The fourth-order valence-electron chi connectivity index (χ4n) is 1.20. The summed E-state index contributed by atoms with van der Waals surface area (Å²) in [4.78, 5) is 17.4. The Morgan fingerprint density at radius 3 is 3.12 bits per heavy atom. The van der Waals surface area contributed by atoms with Crippen LogP contribution in [-0.4, -0.2) is 29.1 Å². The second-order valence-electron chi connectivity index (χ2n) is 2.97. The van der Waals surface area contributed by atoms with Crippen LogP contribution in [0.5, 0.6) is 0 Å². The van der Waals surface area contributed by atoms with E-state index in [4.69, 9.17) is 10.6 Å². The summed E-state index contributed by atoms with van der Waals surface area (Å²) in [6, 6.07) is 2.51. The van der Waals surface area contributed by atoms with E-state index >= 15 is 0 Å². The van der Waals surface area contributed by atoms with E-state index in [1.54, 1.807) is 18.3 Å². The van der Waals surface area contributed by atoms with Crippen LogP contribution in [0.4, 0.5) is 0 Å². The SMILES string of the molecule is [N-]=[N+]=NCCNC(C(=O)O)c1cccnc1. The highest BCUT2D eigenvalue weighted by Gasteiger charge is 2.18. The summed E-state index contributed by atoms with van der Waals surface area (Å²) in [6.07, 6.45) is 3.06. The lowest BCUT2D eigenvalue weighted by Gasteiger charge is -2.13. The first-order valence-electron chi connectivity index (χ1n) is 4.62. The predicted molar refractivity (Wildman–Crippen MR) is 56.6 cm³/mol. The maximum Gasteiger partial charge on any atom is 0.325 e. The van der Waals surface area contributed by atoms with Gasteiger partial charge in [-0.25, -0.2) is 0 Å². The molecule has 1 aromatic rings. The van der Waals surface area contributed by atoms with Gasteiger partial charge in [0.1, 0.15) is 6.04 Å². The first-order chi connectivity index (χ1) is 7.75. The van der Waals surface area contributed by atoms with Crippen LogP contribution < -0.4 is 5.32 Å². The maximum absolute atomic E-state index is 11.0. The molecule has 1 heterocycles. The summed E-state index contributed by atoms with van der Waals surface area (Å²) in [5.74, 6) is -0.992. The van der Waals surface area contributed by atoms with Crippen molar-refractivity contribution in [3.8, 4) is 0 Å². The van der Waals surface area contributed by atoms with Crippen LogP contribution in [0.1, 0.15) is 11.6 Å². The van der Waals surface area contributed by atoms with Crippen LogP contribution in [0.15, 0.2) is 29.6 Å². The molecule has 0 aliphatic rings. The Kier molecular flexibility index (Phi) is 4.78. The molecule has 0 bridgehead atoms. The third-order valence-electron chi connectivity index (χ3n) is 1.89. The number of carboxylic acids is 1. The van der Waals surface area contributed by atoms with Crippen molar-refractivity contribution in [3.05, 3.63) is 40.5 Å². The number of pyridine rings is 1. The number of hydrogen-bond acceptors (Lipinski definition) is 4. The molecule has 0 saturated carbocycles. The molecule has 0 spiro atoms. The molecular weight excluding hydrogens is 210 g/mol. The molecule has 0 aromatic carbocycles. The molecule has 0 fully saturated rings. The molecule has 7 heteroatoms. The number of carbonyl (C=O) groups is 1. The molecule has 0 amide bonds. The van der Waals surface area contributed by atoms with Crippen LogP contribution in [0.2, 0.25) is 0 Å². The molecular formula is C9H11N5O2. The van der Waals surface area contributed by atoms with E-state index in [-0.39, 0.29) is 6.54 Å². The number of hydrogen-bond donors (Lipinski definition) is 2. The van der Waals surface area contributed by atoms with Gasteiger partial charge in [0.05, 0.1) is 0 Å². The van der Waals surface area contributed by atoms with Gasteiger partial charge in [0.25, 0.3) is 0 Å². The molecule has 0 aliphatic carbocycles. The predicted octanol–water partition coefficient (Wildman–Crippen LogP) is 1.11. The fraction of sp³-hybridized carbons (Fsp3) is 0.333. The summed E-state index contributed by atoms with van der Waals surface area (Å²) < 4.78 is 0. The smallest absolute Gasteiger partial charge is 0.325 e. The van der Waals surface area contributed by atoms with E-state index in [1.165, 1.54) is 6.20 Å². The first-order valence-corrected chi connectivity index (χ1v) is 4.62. The highest BCUT2D eigenvalue weighted by molar-refractivity contribution is 5.75. The zero-order chi connectivity index (χ0) is 11.8. The normalized spacial score (nSPS) is 11.5. The molecule has 84 valence electrons. The molecule has 1 atom stereocenters. The Hall–Kier alpha value is -2.11. The fourth-order valence-corrected chi connectivity index (χ4v) is 1.20. The molecule has 0 radical (unpaired) electrons. The third kappa shape index (κ3) is 3.56. The van der Waals surface area contributed by atoms with Gasteiger partial charge in [-0.15, -0.1) is 0 Å².